The number of nitrogens with zero attached hydrogens (tertiary/aromatic N) is 5. The molecule has 0 amide bonds. The number of aromatic nitrogens is 3. The summed E-state index contributed by atoms with van der Waals surface area (Å²) >= 11 is 5.96. The van der Waals surface area contributed by atoms with Crippen molar-refractivity contribution in [2.75, 3.05) is 16.8 Å². The third-order valence-electron chi connectivity index (χ3n) is 5.02. The molecule has 2 aromatic carbocycles. The minimum absolute atomic E-state index is 0.00406. The van der Waals surface area contributed by atoms with Gasteiger partial charge in [0.05, 0.1) is 21.2 Å². The summed E-state index contributed by atoms with van der Waals surface area (Å²) in [5, 5.41) is 16.1. The molecule has 0 saturated heterocycles. The third-order valence-corrected chi connectivity index (χ3v) is 5.31. The Morgan fingerprint density at radius 3 is 2.50 bits per heavy atom. The molecule has 0 atom stereocenters. The van der Waals surface area contributed by atoms with E-state index in [2.05, 4.69) is 20.3 Å². The lowest BCUT2D eigenvalue weighted by Crippen LogP contribution is -2.20. The first kappa shape index (κ1) is 23.2. The molecule has 0 spiro atoms. The van der Waals surface area contributed by atoms with Gasteiger partial charge in [-0.05, 0) is 24.4 Å². The van der Waals surface area contributed by atoms with Gasteiger partial charge in [-0.15, -0.1) is 0 Å². The lowest BCUT2D eigenvalue weighted by atomic mass is 10.1. The molecule has 1 N–H and O–H groups in total. The third kappa shape index (κ3) is 4.42. The van der Waals surface area contributed by atoms with Crippen LogP contribution in [0.15, 0.2) is 61.1 Å². The average molecular weight is 489 g/mol. The molecule has 0 bridgehead atoms. The molecule has 0 unspecified atom stereocenters. The number of hydrogen-bond acceptors (Lipinski definition) is 7. The van der Waals surface area contributed by atoms with E-state index in [1.807, 2.05) is 49.4 Å². The van der Waals surface area contributed by atoms with Crippen molar-refractivity contribution in [3.63, 3.8) is 0 Å². The maximum absolute atomic E-state index is 12.9. The van der Waals surface area contributed by atoms with Gasteiger partial charge in [-0.1, -0.05) is 48.0 Å². The number of pyridine rings is 1. The highest BCUT2D eigenvalue weighted by atomic mass is 35.5. The smallest absolute Gasteiger partial charge is 0.320 e. The molecule has 12 heteroatoms. The minimum atomic E-state index is -4.64. The minimum Gasteiger partial charge on any atom is -0.320 e. The van der Waals surface area contributed by atoms with Crippen LogP contribution in [0.4, 0.5) is 42.0 Å². The molecule has 0 fully saturated rings. The lowest BCUT2D eigenvalue weighted by molar-refractivity contribution is -0.383. The normalized spacial score (nSPS) is 11.4. The summed E-state index contributed by atoms with van der Waals surface area (Å²) in [7, 11) is 0. The summed E-state index contributed by atoms with van der Waals surface area (Å²) in [5.41, 5.74) is -0.830. The van der Waals surface area contributed by atoms with E-state index >= 15 is 0 Å². The van der Waals surface area contributed by atoms with E-state index in [4.69, 9.17) is 11.6 Å². The molecule has 8 nitrogen and oxygen atoms in total. The molecule has 0 saturated carbocycles. The number of rotatable bonds is 6. The van der Waals surface area contributed by atoms with Crippen LogP contribution in [0.1, 0.15) is 12.5 Å². The van der Waals surface area contributed by atoms with Crippen molar-refractivity contribution in [3.8, 4) is 0 Å². The van der Waals surface area contributed by atoms with Gasteiger partial charge in [0.2, 0.25) is 11.6 Å². The van der Waals surface area contributed by atoms with Crippen molar-refractivity contribution >= 4 is 51.2 Å². The van der Waals surface area contributed by atoms with Gasteiger partial charge in [-0.25, -0.2) is 15.0 Å². The number of nitro groups is 1. The van der Waals surface area contributed by atoms with E-state index in [0.717, 1.165) is 17.1 Å². The van der Waals surface area contributed by atoms with E-state index < -0.39 is 22.4 Å². The van der Waals surface area contributed by atoms with Crippen LogP contribution in [0, 0.1) is 10.1 Å². The maximum Gasteiger partial charge on any atom is 0.417 e. The molecular weight excluding hydrogens is 473 g/mol. The first-order valence-corrected chi connectivity index (χ1v) is 10.3. The molecule has 174 valence electrons. The highest BCUT2D eigenvalue weighted by Gasteiger charge is 2.32. The zero-order valence-corrected chi connectivity index (χ0v) is 18.3. The fourth-order valence-electron chi connectivity index (χ4n) is 3.50. The molecule has 4 aromatic rings. The fraction of sp³-hybridized carbons (Fsp3) is 0.136. The van der Waals surface area contributed by atoms with Gasteiger partial charge in [-0.2, -0.15) is 13.2 Å². The van der Waals surface area contributed by atoms with Gasteiger partial charge in [0.25, 0.3) is 0 Å². The maximum atomic E-state index is 12.9. The zero-order chi connectivity index (χ0) is 24.5. The molecule has 34 heavy (non-hydrogen) atoms. The quantitative estimate of drug-likeness (QED) is 0.244. The van der Waals surface area contributed by atoms with Gasteiger partial charge in [0, 0.05) is 18.1 Å². The van der Waals surface area contributed by atoms with E-state index in [1.54, 1.807) is 4.90 Å². The highest BCUT2D eigenvalue weighted by Crippen LogP contribution is 2.40. The highest BCUT2D eigenvalue weighted by molar-refractivity contribution is 6.33. The van der Waals surface area contributed by atoms with Crippen molar-refractivity contribution in [1.82, 2.24) is 15.0 Å². The molecule has 4 rings (SSSR count). The van der Waals surface area contributed by atoms with E-state index in [-0.39, 0.29) is 22.5 Å². The van der Waals surface area contributed by atoms with Crippen molar-refractivity contribution in [2.45, 2.75) is 13.1 Å². The van der Waals surface area contributed by atoms with Gasteiger partial charge < -0.3 is 10.2 Å². The summed E-state index contributed by atoms with van der Waals surface area (Å²) in [5.74, 6) is -0.470. The molecule has 2 aromatic heterocycles. The van der Waals surface area contributed by atoms with Crippen LogP contribution in [-0.2, 0) is 6.18 Å². The van der Waals surface area contributed by atoms with Gasteiger partial charge >= 0.3 is 11.9 Å². The zero-order valence-electron chi connectivity index (χ0n) is 17.5. The Hall–Kier alpha value is -3.99. The van der Waals surface area contributed by atoms with E-state index in [1.165, 1.54) is 0 Å². The molecule has 0 radical (unpaired) electrons. The topological polar surface area (TPSA) is 97.1 Å². The summed E-state index contributed by atoms with van der Waals surface area (Å²) in [6.45, 7) is 2.15. The second-order valence-electron chi connectivity index (χ2n) is 7.07. The Bertz CT molecular complexity index is 1380. The predicted molar refractivity (Wildman–Crippen MR) is 123 cm³/mol. The van der Waals surface area contributed by atoms with E-state index in [0.29, 0.717) is 24.5 Å². The number of nitrogens with one attached hydrogen (secondary N) is 1. The van der Waals surface area contributed by atoms with Gasteiger partial charge in [-0.3, -0.25) is 10.1 Å². The van der Waals surface area contributed by atoms with Crippen LogP contribution in [0.3, 0.4) is 0 Å². The van der Waals surface area contributed by atoms with Crippen molar-refractivity contribution < 1.29 is 18.1 Å². The largest absolute Gasteiger partial charge is 0.417 e. The summed E-state index contributed by atoms with van der Waals surface area (Å²) in [6.07, 6.45) is -2.93. The van der Waals surface area contributed by atoms with Crippen LogP contribution < -0.4 is 10.2 Å². The van der Waals surface area contributed by atoms with Gasteiger partial charge in [0.1, 0.15) is 6.33 Å². The SMILES string of the molecule is CCN(c1ncnc(Nc2ncc(C(F)(F)F)cc2Cl)c1[N+](=O)[O-])c1cccc2ccccc12. The summed E-state index contributed by atoms with van der Waals surface area (Å²) in [6, 6.07) is 13.8. The van der Waals surface area contributed by atoms with Crippen LogP contribution in [0.2, 0.25) is 5.02 Å². The number of hydrogen-bond donors (Lipinski definition) is 1. The van der Waals surface area contributed by atoms with Crippen molar-refractivity contribution in [2.24, 2.45) is 0 Å². The fourth-order valence-corrected chi connectivity index (χ4v) is 3.72. The Morgan fingerprint density at radius 2 is 1.82 bits per heavy atom. The number of fused-ring (bicyclic) bond motifs is 1. The Kier molecular flexibility index (Phi) is 6.20. The summed E-state index contributed by atoms with van der Waals surface area (Å²) in [4.78, 5) is 24.8. The Balaban J connectivity index is 1.81. The number of halogens is 4. The standard InChI is InChI=1S/C22H16ClF3N6O2/c1-2-31(17-9-5-7-13-6-3-4-8-15(13)17)21-18(32(33)34)20(28-12-29-21)30-19-16(23)10-14(11-27-19)22(24,25)26/h3-12H,2H2,1H3,(H,27,28,29,30). The van der Waals surface area contributed by atoms with Crippen LogP contribution in [0.5, 0.6) is 0 Å². The predicted octanol–water partition coefficient (Wildman–Crippen LogP) is 6.51. The summed E-state index contributed by atoms with van der Waals surface area (Å²) < 4.78 is 38.7. The van der Waals surface area contributed by atoms with Crippen molar-refractivity contribution in [3.05, 3.63) is 81.8 Å². The van der Waals surface area contributed by atoms with E-state index in [9.17, 15) is 23.3 Å². The monoisotopic (exact) mass is 488 g/mol. The lowest BCUT2D eigenvalue weighted by Gasteiger charge is -2.24. The van der Waals surface area contributed by atoms with Crippen LogP contribution in [0.25, 0.3) is 10.8 Å². The number of anilines is 4. The molecule has 0 aliphatic carbocycles. The average Bonchev–Trinajstić information content (AvgIpc) is 2.80. The first-order valence-electron chi connectivity index (χ1n) is 9.95. The second kappa shape index (κ2) is 9.10. The van der Waals surface area contributed by atoms with Gasteiger partial charge in [0.15, 0.2) is 5.82 Å². The Labute approximate surface area is 196 Å². The van der Waals surface area contributed by atoms with Crippen molar-refractivity contribution in [1.29, 1.82) is 0 Å². The number of alkyl halides is 3. The first-order chi connectivity index (χ1) is 16.2. The molecule has 0 aliphatic heterocycles. The number of benzene rings is 2. The Morgan fingerprint density at radius 1 is 1.09 bits per heavy atom. The van der Waals surface area contributed by atoms with Crippen LogP contribution in [-0.4, -0.2) is 26.4 Å². The molecular formula is C22H16ClF3N6O2. The van der Waals surface area contributed by atoms with Crippen LogP contribution >= 0.6 is 11.6 Å². The second-order valence-corrected chi connectivity index (χ2v) is 7.48. The molecule has 0 aliphatic rings. The molecule has 2 heterocycles.